The molecule has 1 saturated carbocycles. The van der Waals surface area contributed by atoms with Crippen molar-refractivity contribution in [1.29, 1.82) is 0 Å². The van der Waals surface area contributed by atoms with E-state index in [9.17, 15) is 27.2 Å². The molecule has 0 radical (unpaired) electrons. The number of halogens is 4. The van der Waals surface area contributed by atoms with Crippen molar-refractivity contribution in [2.75, 3.05) is 31.5 Å². The number of hydrogen-bond acceptors (Lipinski definition) is 10. The number of pyridine rings is 4. The van der Waals surface area contributed by atoms with E-state index in [-0.39, 0.29) is 29.5 Å². The summed E-state index contributed by atoms with van der Waals surface area (Å²) in [5.74, 6) is -2.31. The van der Waals surface area contributed by atoms with E-state index in [4.69, 9.17) is 15.7 Å². The third kappa shape index (κ3) is 8.27. The summed E-state index contributed by atoms with van der Waals surface area (Å²) in [6.07, 6.45) is 8.92. The second-order valence-electron chi connectivity index (χ2n) is 18.8. The van der Waals surface area contributed by atoms with Gasteiger partial charge in [0, 0.05) is 88.1 Å². The molecule has 0 aromatic carbocycles. The first kappa shape index (κ1) is 43.6. The molecule has 0 spiro atoms. The van der Waals surface area contributed by atoms with Gasteiger partial charge in [0.15, 0.2) is 22.9 Å². The van der Waals surface area contributed by atoms with E-state index >= 15 is 0 Å². The van der Waals surface area contributed by atoms with Gasteiger partial charge in [-0.3, -0.25) is 9.59 Å². The SMILES string of the molecule is Cn1c(-c2cc3cc(N[C@@H]4CCCN(C(=O)c5cnc6c(c5)nc(-c5cc7cccnc7n5CC5CC5)n6CC(F)F)C4)cnc3n2CC(C)(F)F)nc2cc(C(=O)N3CCC[C@@H](N)C3)cnc21. The molecule has 8 aromatic rings. The number of piperidine rings is 2. The molecule has 2 aliphatic heterocycles. The maximum Gasteiger partial charge on any atom is 0.263 e. The Hall–Kier alpha value is -6.96. The first-order valence-corrected chi connectivity index (χ1v) is 23.1. The highest BCUT2D eigenvalue weighted by atomic mass is 19.3. The number of anilines is 1. The van der Waals surface area contributed by atoms with Crippen LogP contribution >= 0.6 is 0 Å². The van der Waals surface area contributed by atoms with Gasteiger partial charge in [-0.2, -0.15) is 0 Å². The predicted molar refractivity (Wildman–Crippen MR) is 249 cm³/mol. The lowest BCUT2D eigenvalue weighted by atomic mass is 10.0. The van der Waals surface area contributed by atoms with Crippen LogP contribution in [0, 0.1) is 5.92 Å². The van der Waals surface area contributed by atoms with Crippen LogP contribution in [0.25, 0.3) is 67.4 Å². The summed E-state index contributed by atoms with van der Waals surface area (Å²) in [5.41, 5.74) is 11.2. The minimum atomic E-state index is -3.09. The highest BCUT2D eigenvalue weighted by Gasteiger charge is 2.31. The number of carbonyl (C=O) groups is 2. The van der Waals surface area contributed by atoms with Crippen molar-refractivity contribution in [1.82, 2.24) is 58.0 Å². The Morgan fingerprint density at radius 2 is 1.41 bits per heavy atom. The van der Waals surface area contributed by atoms with Crippen molar-refractivity contribution in [2.24, 2.45) is 18.7 Å². The van der Waals surface area contributed by atoms with Crippen LogP contribution < -0.4 is 11.1 Å². The van der Waals surface area contributed by atoms with Gasteiger partial charge in [0.25, 0.3) is 24.2 Å². The zero-order chi connectivity index (χ0) is 47.0. The summed E-state index contributed by atoms with van der Waals surface area (Å²) in [5, 5.41) is 5.00. The maximum absolute atomic E-state index is 14.9. The number of carbonyl (C=O) groups excluding carboxylic acids is 2. The first-order chi connectivity index (χ1) is 32.7. The second-order valence-corrected chi connectivity index (χ2v) is 18.8. The molecule has 16 nitrogen and oxygen atoms in total. The largest absolute Gasteiger partial charge is 0.379 e. The van der Waals surface area contributed by atoms with Crippen LogP contribution in [0.15, 0.2) is 67.3 Å². The number of nitrogens with zero attached hydrogens (tertiary/aromatic N) is 12. The fourth-order valence-corrected chi connectivity index (χ4v) is 9.99. The van der Waals surface area contributed by atoms with Crippen molar-refractivity contribution >= 4 is 61.9 Å². The van der Waals surface area contributed by atoms with Crippen molar-refractivity contribution < 1.29 is 27.2 Å². The molecule has 10 heterocycles. The highest BCUT2D eigenvalue weighted by molar-refractivity contribution is 5.98. The predicted octanol–water partition coefficient (Wildman–Crippen LogP) is 7.36. The van der Waals surface area contributed by atoms with Gasteiger partial charge in [-0.25, -0.2) is 47.5 Å². The Kier molecular flexibility index (Phi) is 10.9. The van der Waals surface area contributed by atoms with Gasteiger partial charge in [0.1, 0.15) is 22.3 Å². The van der Waals surface area contributed by atoms with Crippen LogP contribution in [-0.2, 0) is 26.7 Å². The first-order valence-electron chi connectivity index (χ1n) is 23.1. The second kappa shape index (κ2) is 17.0. The Morgan fingerprint density at radius 3 is 2.13 bits per heavy atom. The Bertz CT molecular complexity index is 3260. The lowest BCUT2D eigenvalue weighted by Crippen LogP contribution is -2.45. The summed E-state index contributed by atoms with van der Waals surface area (Å²) in [6.45, 7) is 2.21. The minimum absolute atomic E-state index is 0.0837. The van der Waals surface area contributed by atoms with Crippen LogP contribution in [0.5, 0.6) is 0 Å². The van der Waals surface area contributed by atoms with Gasteiger partial charge >= 0.3 is 0 Å². The fraction of sp³-hybridized carbons (Fsp3) is 0.417. The van der Waals surface area contributed by atoms with Crippen LogP contribution in [0.3, 0.4) is 0 Å². The summed E-state index contributed by atoms with van der Waals surface area (Å²) in [7, 11) is 1.76. The molecule has 20 heteroatoms. The Morgan fingerprint density at radius 1 is 0.765 bits per heavy atom. The van der Waals surface area contributed by atoms with Gasteiger partial charge in [-0.05, 0) is 86.9 Å². The monoisotopic (exact) mass is 930 g/mol. The Labute approximate surface area is 387 Å². The molecule has 11 rings (SSSR count). The van der Waals surface area contributed by atoms with E-state index < -0.39 is 25.4 Å². The van der Waals surface area contributed by atoms with Crippen LogP contribution in [0.4, 0.5) is 23.2 Å². The zero-order valence-electron chi connectivity index (χ0n) is 37.6. The quantitative estimate of drug-likeness (QED) is 0.118. The Balaban J connectivity index is 0.848. The fourth-order valence-electron chi connectivity index (χ4n) is 9.99. The van der Waals surface area contributed by atoms with Crippen LogP contribution in [-0.4, -0.2) is 120 Å². The molecule has 2 amide bonds. The third-order valence-electron chi connectivity index (χ3n) is 13.4. The van der Waals surface area contributed by atoms with Crippen LogP contribution in [0.2, 0.25) is 0 Å². The topological polar surface area (TPSA) is 176 Å². The molecule has 2 saturated heterocycles. The third-order valence-corrected chi connectivity index (χ3v) is 13.4. The number of amides is 2. The number of hydrogen-bond donors (Lipinski definition) is 2. The number of aryl methyl sites for hydroxylation is 1. The lowest BCUT2D eigenvalue weighted by Gasteiger charge is -2.33. The highest BCUT2D eigenvalue weighted by Crippen LogP contribution is 2.37. The lowest BCUT2D eigenvalue weighted by molar-refractivity contribution is 0.00530. The number of alkyl halides is 4. The minimum Gasteiger partial charge on any atom is -0.379 e. The molecule has 68 heavy (non-hydrogen) atoms. The molecular formula is C48H50F4N14O2. The number of aromatic nitrogens is 10. The number of likely N-dealkylation sites (tertiary alicyclic amines) is 2. The van der Waals surface area contributed by atoms with Crippen molar-refractivity contribution in [3.05, 3.63) is 78.4 Å². The van der Waals surface area contributed by atoms with E-state index in [0.717, 1.165) is 50.1 Å². The number of nitrogens with two attached hydrogens (primary N) is 1. The smallest absolute Gasteiger partial charge is 0.263 e. The molecule has 3 aliphatic rings. The summed E-state index contributed by atoms with van der Waals surface area (Å²) in [4.78, 5) is 59.1. The van der Waals surface area contributed by atoms with Gasteiger partial charge in [0.05, 0.1) is 47.5 Å². The number of nitrogens with one attached hydrogen (secondary N) is 1. The van der Waals surface area contributed by atoms with E-state index in [1.54, 1.807) is 52.0 Å². The standard InChI is InChI=1S/C48H50F4N14O2/c1-48(51,52)26-66-37(44-59-35-15-30(19-55-42(35)61(44)2)46(67)62-12-4-7-32(53)23-62)18-29-14-34(21-57-41(29)66)58-33-8-5-13-63(24-33)47(68)31-16-36-43(56-20-31)65(25-39(49)50)45(60-36)38-17-28-6-3-11-54-40(28)64(38)22-27-9-10-27/h3,6,11,14-21,27,32-33,39,58H,4-5,7-10,12-13,22-26,53H2,1-2H3/t32-,33-/m1/s1. The van der Waals surface area contributed by atoms with E-state index in [2.05, 4.69) is 29.8 Å². The molecule has 352 valence electrons. The van der Waals surface area contributed by atoms with E-state index in [1.807, 2.05) is 24.3 Å². The molecule has 3 fully saturated rings. The van der Waals surface area contributed by atoms with Crippen LogP contribution in [0.1, 0.15) is 66.2 Å². The molecule has 0 unspecified atom stereocenters. The molecule has 3 N–H and O–H groups in total. The summed E-state index contributed by atoms with van der Waals surface area (Å²) < 4.78 is 64.7. The number of rotatable bonds is 12. The van der Waals surface area contributed by atoms with Gasteiger partial charge in [-0.15, -0.1) is 0 Å². The van der Waals surface area contributed by atoms with Crippen molar-refractivity contribution in [3.8, 4) is 23.0 Å². The number of imidazole rings is 2. The summed E-state index contributed by atoms with van der Waals surface area (Å²) >= 11 is 0. The molecule has 0 bridgehead atoms. The molecule has 8 aromatic heterocycles. The maximum atomic E-state index is 14.9. The molecule has 1 aliphatic carbocycles. The summed E-state index contributed by atoms with van der Waals surface area (Å²) in [6, 6.07) is 12.4. The normalized spacial score (nSPS) is 18.2. The zero-order valence-corrected chi connectivity index (χ0v) is 37.6. The van der Waals surface area contributed by atoms with E-state index in [1.165, 1.54) is 21.5 Å². The average Bonchev–Trinajstić information content (AvgIpc) is 3.67. The van der Waals surface area contributed by atoms with Crippen molar-refractivity contribution in [2.45, 2.75) is 89.5 Å². The van der Waals surface area contributed by atoms with Gasteiger partial charge in [-0.1, -0.05) is 0 Å². The average molecular weight is 931 g/mol. The van der Waals surface area contributed by atoms with E-state index in [0.29, 0.717) is 113 Å². The van der Waals surface area contributed by atoms with Gasteiger partial charge in [0.2, 0.25) is 0 Å². The van der Waals surface area contributed by atoms with Gasteiger partial charge < -0.3 is 39.1 Å². The van der Waals surface area contributed by atoms with Crippen molar-refractivity contribution in [3.63, 3.8) is 0 Å². The molecular weight excluding hydrogens is 881 g/mol. The number of fused-ring (bicyclic) bond motifs is 4. The molecule has 2 atom stereocenters.